The van der Waals surface area contributed by atoms with Crippen LogP contribution in [0.4, 0.5) is 0 Å². The van der Waals surface area contributed by atoms with E-state index in [4.69, 9.17) is 18.9 Å². The zero-order chi connectivity index (χ0) is 19.6. The molecule has 5 nitrogen and oxygen atoms in total. The molecule has 146 valence electrons. The number of hydrogen-bond donors (Lipinski definition) is 0. The van der Waals surface area contributed by atoms with Crippen molar-refractivity contribution in [1.29, 1.82) is 0 Å². The molecule has 0 unspecified atom stereocenters. The third-order valence-corrected chi connectivity index (χ3v) is 5.41. The maximum absolute atomic E-state index is 12.8. The number of fused-ring (bicyclic) bond motifs is 2. The van der Waals surface area contributed by atoms with Gasteiger partial charge in [0.05, 0.1) is 29.8 Å². The maximum atomic E-state index is 12.8. The summed E-state index contributed by atoms with van der Waals surface area (Å²) in [4.78, 5) is 12.8. The summed E-state index contributed by atoms with van der Waals surface area (Å²) < 4.78 is 24.8. The van der Waals surface area contributed by atoms with Crippen molar-refractivity contribution in [1.82, 2.24) is 0 Å². The van der Waals surface area contributed by atoms with Gasteiger partial charge in [-0.2, -0.15) is 0 Å². The van der Waals surface area contributed by atoms with Crippen LogP contribution in [0.15, 0.2) is 36.1 Å². The van der Waals surface area contributed by atoms with E-state index < -0.39 is 12.1 Å². The molecule has 27 heavy (non-hydrogen) atoms. The molecule has 0 N–H and O–H groups in total. The molecule has 5 heteroatoms. The second-order valence-electron chi connectivity index (χ2n) is 9.82. The fourth-order valence-electron chi connectivity index (χ4n) is 3.94. The first-order valence-electron chi connectivity index (χ1n) is 9.54. The van der Waals surface area contributed by atoms with E-state index in [-0.39, 0.29) is 28.8 Å². The van der Waals surface area contributed by atoms with Gasteiger partial charge in [-0.25, -0.2) is 0 Å². The van der Waals surface area contributed by atoms with Crippen molar-refractivity contribution >= 4 is 5.78 Å². The summed E-state index contributed by atoms with van der Waals surface area (Å²) in [6.45, 7) is 12.8. The van der Waals surface area contributed by atoms with Crippen LogP contribution >= 0.6 is 0 Å². The van der Waals surface area contributed by atoms with Crippen LogP contribution in [0.2, 0.25) is 0 Å². The molecule has 1 spiro atoms. The topological polar surface area (TPSA) is 54.0 Å². The van der Waals surface area contributed by atoms with Gasteiger partial charge < -0.3 is 18.9 Å². The zero-order valence-electron chi connectivity index (χ0n) is 16.9. The lowest BCUT2D eigenvalue weighted by Crippen LogP contribution is -2.46. The van der Waals surface area contributed by atoms with Gasteiger partial charge in [-0.3, -0.25) is 4.79 Å². The molecule has 0 aliphatic carbocycles. The second kappa shape index (κ2) is 5.82. The van der Waals surface area contributed by atoms with Gasteiger partial charge in [0.15, 0.2) is 5.78 Å². The van der Waals surface area contributed by atoms with Gasteiger partial charge in [0.25, 0.3) is 0 Å². The largest absolute Gasteiger partial charge is 0.484 e. The van der Waals surface area contributed by atoms with Crippen molar-refractivity contribution in [3.05, 3.63) is 41.7 Å². The van der Waals surface area contributed by atoms with E-state index in [1.54, 1.807) is 6.07 Å². The predicted octanol–water partition coefficient (Wildman–Crippen LogP) is 4.46. The van der Waals surface area contributed by atoms with E-state index >= 15 is 0 Å². The molecule has 0 bridgehead atoms. The number of para-hydroxylation sites is 1. The molecule has 0 amide bonds. The number of carbonyl (C=O) groups excluding carboxylic acids is 1. The van der Waals surface area contributed by atoms with Gasteiger partial charge in [0, 0.05) is 0 Å². The molecule has 1 aromatic rings. The van der Waals surface area contributed by atoms with Gasteiger partial charge in [0.2, 0.25) is 0 Å². The molecule has 3 atom stereocenters. The van der Waals surface area contributed by atoms with Crippen LogP contribution in [0.1, 0.15) is 58.3 Å². The molecule has 0 aromatic heterocycles. The Morgan fingerprint density at radius 2 is 1.56 bits per heavy atom. The van der Waals surface area contributed by atoms with Crippen molar-refractivity contribution < 1.29 is 23.7 Å². The first-order chi connectivity index (χ1) is 12.5. The third kappa shape index (κ3) is 3.07. The summed E-state index contributed by atoms with van der Waals surface area (Å²) in [6, 6.07) is 7.28. The average molecular weight is 372 g/mol. The summed E-state index contributed by atoms with van der Waals surface area (Å²) in [5.74, 6) is -0.690. The predicted molar refractivity (Wildman–Crippen MR) is 100 cm³/mol. The van der Waals surface area contributed by atoms with Crippen molar-refractivity contribution in [2.75, 3.05) is 0 Å². The molecule has 4 rings (SSSR count). The third-order valence-electron chi connectivity index (χ3n) is 5.41. The summed E-state index contributed by atoms with van der Waals surface area (Å²) in [6.07, 6.45) is 1.06. The van der Waals surface area contributed by atoms with E-state index in [1.165, 1.54) is 6.26 Å². The minimum Gasteiger partial charge on any atom is -0.484 e. The first kappa shape index (κ1) is 18.5. The Balaban J connectivity index is 1.66. The van der Waals surface area contributed by atoms with Gasteiger partial charge in [-0.15, -0.1) is 0 Å². The first-order valence-corrected chi connectivity index (χ1v) is 9.54. The van der Waals surface area contributed by atoms with E-state index in [2.05, 4.69) is 41.5 Å². The molecule has 0 radical (unpaired) electrons. The molecule has 1 aromatic carbocycles. The van der Waals surface area contributed by atoms with Crippen LogP contribution in [0, 0.1) is 10.8 Å². The molecule has 3 heterocycles. The molecule has 1 saturated heterocycles. The number of ketones is 1. The van der Waals surface area contributed by atoms with Gasteiger partial charge in [0.1, 0.15) is 18.1 Å². The van der Waals surface area contributed by atoms with E-state index in [1.807, 2.05) is 18.2 Å². The van der Waals surface area contributed by atoms with Crippen molar-refractivity contribution in [2.45, 2.75) is 72.2 Å². The van der Waals surface area contributed by atoms with Crippen LogP contribution in [0.25, 0.3) is 0 Å². The fraction of sp³-hybridized carbons (Fsp3) is 0.591. The lowest BCUT2D eigenvalue weighted by Gasteiger charge is -2.38. The van der Waals surface area contributed by atoms with Crippen LogP contribution in [-0.4, -0.2) is 30.1 Å². The summed E-state index contributed by atoms with van der Waals surface area (Å²) in [5, 5.41) is 0. The number of Topliss-reactive ketones (excluding diaryl/α,β-unsaturated/α-hetero) is 1. The van der Waals surface area contributed by atoms with Crippen LogP contribution in [0.3, 0.4) is 0 Å². The number of ether oxygens (including phenoxy) is 4. The van der Waals surface area contributed by atoms with Gasteiger partial charge >= 0.3 is 5.97 Å². The molecular formula is C22H28O5. The highest BCUT2D eigenvalue weighted by Gasteiger charge is 2.59. The van der Waals surface area contributed by atoms with Crippen LogP contribution < -0.4 is 4.74 Å². The highest BCUT2D eigenvalue weighted by Crippen LogP contribution is 2.49. The van der Waals surface area contributed by atoms with Crippen molar-refractivity contribution in [3.8, 4) is 5.75 Å². The van der Waals surface area contributed by atoms with Gasteiger partial charge in [-0.05, 0) is 23.0 Å². The Morgan fingerprint density at radius 3 is 2.15 bits per heavy atom. The van der Waals surface area contributed by atoms with Crippen LogP contribution in [-0.2, 0) is 14.2 Å². The smallest absolute Gasteiger partial charge is 0.331 e. The Hall–Kier alpha value is -1.85. The Labute approximate surface area is 160 Å². The molecule has 3 aliphatic rings. The van der Waals surface area contributed by atoms with E-state index in [0.717, 1.165) is 0 Å². The SMILES string of the molecule is CC(C)(C)[C@@H]1OC2(C[C@@H]3Oc4ccccc4C(=O)C3=CO2)O[C@H]1C(C)(C)C. The van der Waals surface area contributed by atoms with Crippen LogP contribution in [0.5, 0.6) is 5.75 Å². The van der Waals surface area contributed by atoms with Gasteiger partial charge in [-0.1, -0.05) is 53.7 Å². The highest BCUT2D eigenvalue weighted by atomic mass is 16.9. The molecule has 3 aliphatic heterocycles. The summed E-state index contributed by atoms with van der Waals surface area (Å²) in [5.41, 5.74) is 0.834. The summed E-state index contributed by atoms with van der Waals surface area (Å²) >= 11 is 0. The Morgan fingerprint density at radius 1 is 0.963 bits per heavy atom. The lowest BCUT2D eigenvalue weighted by molar-refractivity contribution is -0.338. The number of benzene rings is 1. The lowest BCUT2D eigenvalue weighted by atomic mass is 9.76. The van der Waals surface area contributed by atoms with Crippen molar-refractivity contribution in [3.63, 3.8) is 0 Å². The summed E-state index contributed by atoms with van der Waals surface area (Å²) in [7, 11) is 0. The Bertz CT molecular complexity index is 774. The number of rotatable bonds is 0. The second-order valence-corrected chi connectivity index (χ2v) is 9.82. The zero-order valence-corrected chi connectivity index (χ0v) is 16.9. The molecular weight excluding hydrogens is 344 g/mol. The standard InChI is InChI=1S/C22H28O5/c1-20(2,3)18-19(21(4,5)6)27-22(26-18)11-16-14(12-24-22)17(23)13-9-7-8-10-15(13)25-16/h7-10,12,16,18-19H,11H2,1-6H3/t16-,18+,19+/m0/s1. The molecule has 0 saturated carbocycles. The Kier molecular flexibility index (Phi) is 3.99. The minimum atomic E-state index is -1.23. The maximum Gasteiger partial charge on any atom is 0.331 e. The fourth-order valence-corrected chi connectivity index (χ4v) is 3.94. The minimum absolute atomic E-state index is 0.0607. The monoisotopic (exact) mass is 372 g/mol. The quantitative estimate of drug-likeness (QED) is 0.673. The molecule has 1 fully saturated rings. The van der Waals surface area contributed by atoms with E-state index in [0.29, 0.717) is 23.3 Å². The number of hydrogen-bond acceptors (Lipinski definition) is 5. The van der Waals surface area contributed by atoms with Crippen molar-refractivity contribution in [2.24, 2.45) is 10.8 Å². The number of carbonyl (C=O) groups is 1. The average Bonchev–Trinajstić information content (AvgIpc) is 2.95. The highest BCUT2D eigenvalue weighted by molar-refractivity contribution is 6.12. The van der Waals surface area contributed by atoms with E-state index in [9.17, 15) is 4.79 Å². The normalized spacial score (nSPS) is 29.5.